The van der Waals surface area contributed by atoms with Crippen molar-refractivity contribution in [3.63, 3.8) is 0 Å². The number of rotatable bonds is 9. The maximum Gasteiger partial charge on any atom is 0.233 e. The number of aryl methyl sites for hydroxylation is 2. The third kappa shape index (κ3) is 6.50. The summed E-state index contributed by atoms with van der Waals surface area (Å²) in [6.45, 7) is 8.29. The van der Waals surface area contributed by atoms with Crippen LogP contribution in [0.4, 0.5) is 34.1 Å². The first kappa shape index (κ1) is 27.6. The lowest BCUT2D eigenvalue weighted by Gasteiger charge is -2.24. The molecule has 212 valence electrons. The predicted octanol–water partition coefficient (Wildman–Crippen LogP) is 7.04. The standard InChI is InChI=1S/C30H30N10S2/c1-18-10-14-22(15-11-18)31-26-34-27(32-23-16-12-19(2)13-17-23)36-28(35-26)41-30-38-37-29(42-30)33-25-20(3)39-40(21(25)4)24-8-6-5-7-9-24/h5-17,21,25H,1-4H3,(H,33,37)(H2,31,32,34,35,36). The van der Waals surface area contributed by atoms with Crippen LogP contribution in [-0.4, -0.2) is 42.9 Å². The van der Waals surface area contributed by atoms with Gasteiger partial charge in [0.1, 0.15) is 0 Å². The lowest BCUT2D eigenvalue weighted by atomic mass is 10.1. The third-order valence-corrected chi connectivity index (χ3v) is 8.47. The van der Waals surface area contributed by atoms with E-state index in [0.29, 0.717) is 26.5 Å². The highest BCUT2D eigenvalue weighted by Gasteiger charge is 2.33. The van der Waals surface area contributed by atoms with Gasteiger partial charge in [-0.3, -0.25) is 5.01 Å². The second-order valence-corrected chi connectivity index (χ2v) is 12.2. The average molecular weight is 595 g/mol. The van der Waals surface area contributed by atoms with Crippen LogP contribution >= 0.6 is 23.1 Å². The number of aromatic nitrogens is 5. The Morgan fingerprint density at radius 3 is 1.93 bits per heavy atom. The van der Waals surface area contributed by atoms with E-state index in [-0.39, 0.29) is 12.1 Å². The molecule has 0 radical (unpaired) electrons. The zero-order valence-corrected chi connectivity index (χ0v) is 25.2. The quantitative estimate of drug-likeness (QED) is 0.164. The first-order valence-electron chi connectivity index (χ1n) is 13.5. The maximum absolute atomic E-state index is 4.79. The molecule has 0 saturated carbocycles. The van der Waals surface area contributed by atoms with Crippen LogP contribution in [0, 0.1) is 13.8 Å². The van der Waals surface area contributed by atoms with E-state index in [1.165, 1.54) is 34.2 Å². The van der Waals surface area contributed by atoms with Gasteiger partial charge in [-0.05, 0) is 75.9 Å². The SMILES string of the molecule is CC1=NN(c2ccccc2)C(C)C1Nc1nnc(Sc2nc(Nc3ccc(C)cc3)nc(Nc3ccc(C)cc3)n2)s1. The van der Waals surface area contributed by atoms with Gasteiger partial charge in [0.2, 0.25) is 22.2 Å². The predicted molar refractivity (Wildman–Crippen MR) is 172 cm³/mol. The van der Waals surface area contributed by atoms with E-state index in [1.807, 2.05) is 78.7 Å². The first-order chi connectivity index (χ1) is 20.4. The Morgan fingerprint density at radius 2 is 1.33 bits per heavy atom. The summed E-state index contributed by atoms with van der Waals surface area (Å²) in [5, 5.41) is 27.0. The molecule has 10 nitrogen and oxygen atoms in total. The van der Waals surface area contributed by atoms with Crippen molar-refractivity contribution in [1.29, 1.82) is 0 Å². The molecule has 2 aromatic heterocycles. The van der Waals surface area contributed by atoms with E-state index < -0.39 is 0 Å². The van der Waals surface area contributed by atoms with Crippen molar-refractivity contribution < 1.29 is 0 Å². The van der Waals surface area contributed by atoms with E-state index in [9.17, 15) is 0 Å². The smallest absolute Gasteiger partial charge is 0.233 e. The minimum absolute atomic E-state index is 0.00352. The average Bonchev–Trinajstić information content (AvgIpc) is 3.55. The first-order valence-corrected chi connectivity index (χ1v) is 15.1. The van der Waals surface area contributed by atoms with Crippen LogP contribution in [0.2, 0.25) is 0 Å². The monoisotopic (exact) mass is 594 g/mol. The summed E-state index contributed by atoms with van der Waals surface area (Å²) in [4.78, 5) is 13.9. The summed E-state index contributed by atoms with van der Waals surface area (Å²) in [6, 6.07) is 26.4. The van der Waals surface area contributed by atoms with Gasteiger partial charge in [0, 0.05) is 11.4 Å². The van der Waals surface area contributed by atoms with E-state index in [4.69, 9.17) is 5.10 Å². The van der Waals surface area contributed by atoms with E-state index in [2.05, 4.69) is 74.0 Å². The van der Waals surface area contributed by atoms with Crippen molar-refractivity contribution in [3.8, 4) is 0 Å². The van der Waals surface area contributed by atoms with Crippen molar-refractivity contribution >= 4 is 62.9 Å². The maximum atomic E-state index is 4.79. The second-order valence-electron chi connectivity index (χ2n) is 10.0. The molecule has 0 saturated heterocycles. The molecule has 2 unspecified atom stereocenters. The van der Waals surface area contributed by atoms with Crippen molar-refractivity contribution in [3.05, 3.63) is 90.0 Å². The molecule has 6 rings (SSSR count). The fraction of sp³-hybridized carbons (Fsp3) is 0.200. The number of para-hydroxylation sites is 1. The van der Waals surface area contributed by atoms with Gasteiger partial charge < -0.3 is 16.0 Å². The van der Waals surface area contributed by atoms with Crippen LogP contribution in [0.25, 0.3) is 0 Å². The third-order valence-electron chi connectivity index (χ3n) is 6.70. The number of anilines is 6. The fourth-order valence-corrected chi connectivity index (χ4v) is 6.12. The van der Waals surface area contributed by atoms with Crippen LogP contribution < -0.4 is 21.0 Å². The van der Waals surface area contributed by atoms with Crippen LogP contribution in [0.5, 0.6) is 0 Å². The Bertz CT molecular complexity index is 1620. The zero-order chi connectivity index (χ0) is 29.1. The number of hydrazone groups is 1. The molecule has 2 atom stereocenters. The molecule has 3 aromatic carbocycles. The van der Waals surface area contributed by atoms with Crippen molar-refractivity contribution in [2.75, 3.05) is 21.0 Å². The number of benzene rings is 3. The number of nitrogens with zero attached hydrogens (tertiary/aromatic N) is 7. The highest BCUT2D eigenvalue weighted by atomic mass is 32.2. The van der Waals surface area contributed by atoms with Crippen LogP contribution in [0.1, 0.15) is 25.0 Å². The van der Waals surface area contributed by atoms with Crippen LogP contribution in [-0.2, 0) is 0 Å². The van der Waals surface area contributed by atoms with E-state index in [1.54, 1.807) is 0 Å². The molecule has 0 bridgehead atoms. The molecule has 0 aliphatic carbocycles. The lowest BCUT2D eigenvalue weighted by Crippen LogP contribution is -2.39. The van der Waals surface area contributed by atoms with Gasteiger partial charge in [0.15, 0.2) is 4.34 Å². The highest BCUT2D eigenvalue weighted by molar-refractivity contribution is 8.00. The molecular formula is C30H30N10S2. The molecule has 1 aliphatic rings. The summed E-state index contributed by atoms with van der Waals surface area (Å²) < 4.78 is 0.714. The minimum Gasteiger partial charge on any atom is -0.350 e. The number of hydrogen-bond acceptors (Lipinski definition) is 12. The van der Waals surface area contributed by atoms with Crippen molar-refractivity contribution in [2.24, 2.45) is 5.10 Å². The topological polar surface area (TPSA) is 116 Å². The Hall–Kier alpha value is -4.55. The summed E-state index contributed by atoms with van der Waals surface area (Å²) in [7, 11) is 0. The lowest BCUT2D eigenvalue weighted by molar-refractivity contribution is 0.677. The van der Waals surface area contributed by atoms with Gasteiger partial charge in [-0.2, -0.15) is 20.1 Å². The summed E-state index contributed by atoms with van der Waals surface area (Å²) in [6.07, 6.45) is 0. The van der Waals surface area contributed by atoms with E-state index in [0.717, 1.165) is 22.8 Å². The van der Waals surface area contributed by atoms with E-state index >= 15 is 0 Å². The van der Waals surface area contributed by atoms with Gasteiger partial charge in [-0.25, -0.2) is 0 Å². The zero-order valence-electron chi connectivity index (χ0n) is 23.6. The summed E-state index contributed by atoms with van der Waals surface area (Å²) >= 11 is 2.80. The van der Waals surface area contributed by atoms with Crippen molar-refractivity contribution in [1.82, 2.24) is 25.1 Å². The molecule has 1 aliphatic heterocycles. The number of nitrogens with one attached hydrogen (secondary N) is 3. The Balaban J connectivity index is 1.20. The minimum atomic E-state index is 0.00352. The largest absolute Gasteiger partial charge is 0.350 e. The van der Waals surface area contributed by atoms with Gasteiger partial charge in [-0.1, -0.05) is 64.9 Å². The Kier molecular flexibility index (Phi) is 7.97. The van der Waals surface area contributed by atoms with Gasteiger partial charge in [-0.15, -0.1) is 10.2 Å². The van der Waals surface area contributed by atoms with Gasteiger partial charge in [0.05, 0.1) is 23.5 Å². The number of hydrogen-bond donors (Lipinski definition) is 3. The molecule has 3 heterocycles. The molecule has 5 aromatic rings. The Labute approximate surface area is 252 Å². The fourth-order valence-electron chi connectivity index (χ4n) is 4.48. The molecule has 0 fully saturated rings. The summed E-state index contributed by atoms with van der Waals surface area (Å²) in [5.74, 6) is 0.864. The molecule has 12 heteroatoms. The van der Waals surface area contributed by atoms with Gasteiger partial charge in [0.25, 0.3) is 0 Å². The van der Waals surface area contributed by atoms with Crippen molar-refractivity contribution in [2.45, 2.75) is 49.3 Å². The molecule has 3 N–H and O–H groups in total. The van der Waals surface area contributed by atoms with Crippen LogP contribution in [0.3, 0.4) is 0 Å². The molecule has 42 heavy (non-hydrogen) atoms. The van der Waals surface area contributed by atoms with Crippen LogP contribution in [0.15, 0.2) is 93.5 Å². The molecule has 0 spiro atoms. The second kappa shape index (κ2) is 12.1. The summed E-state index contributed by atoms with van der Waals surface area (Å²) in [5.41, 5.74) is 6.18. The van der Waals surface area contributed by atoms with Gasteiger partial charge >= 0.3 is 0 Å². The molecule has 0 amide bonds. The highest BCUT2D eigenvalue weighted by Crippen LogP contribution is 2.33. The molecular weight excluding hydrogens is 565 g/mol. The normalized spacial score (nSPS) is 16.3. The Morgan fingerprint density at radius 1 is 0.738 bits per heavy atom.